The lowest BCUT2D eigenvalue weighted by atomic mass is 9.85. The van der Waals surface area contributed by atoms with Crippen LogP contribution in [0.25, 0.3) is 10.9 Å². The Hall–Kier alpha value is -3.28. The van der Waals surface area contributed by atoms with Crippen molar-refractivity contribution in [3.63, 3.8) is 0 Å². The third-order valence-corrected chi connectivity index (χ3v) is 6.08. The molecule has 0 bridgehead atoms. The van der Waals surface area contributed by atoms with Gasteiger partial charge in [0.25, 0.3) is 5.91 Å². The minimum Gasteiger partial charge on any atom is -0.361 e. The van der Waals surface area contributed by atoms with Gasteiger partial charge in [0, 0.05) is 41.4 Å². The van der Waals surface area contributed by atoms with Crippen LogP contribution >= 0.6 is 0 Å². The summed E-state index contributed by atoms with van der Waals surface area (Å²) < 4.78 is 0. The number of piperidine rings is 1. The summed E-state index contributed by atoms with van der Waals surface area (Å²) in [4.78, 5) is 32.9. The first kappa shape index (κ1) is 16.9. The molecule has 0 aliphatic carbocycles. The van der Waals surface area contributed by atoms with E-state index in [4.69, 9.17) is 0 Å². The Labute approximate surface area is 163 Å². The number of hydrogen-bond donors (Lipinski definition) is 2. The number of nitrogens with zero attached hydrogens (tertiary/aromatic N) is 2. The van der Waals surface area contributed by atoms with Gasteiger partial charge in [0.05, 0.1) is 6.67 Å². The molecule has 2 saturated heterocycles. The minimum absolute atomic E-state index is 0.0302. The molecular formula is C22H22N4O2. The second-order valence-electron chi connectivity index (χ2n) is 7.53. The van der Waals surface area contributed by atoms with Crippen LogP contribution in [0.2, 0.25) is 0 Å². The first-order valence-electron chi connectivity index (χ1n) is 9.65. The molecule has 2 N–H and O–H groups in total. The van der Waals surface area contributed by atoms with Crippen LogP contribution in [0, 0.1) is 0 Å². The lowest BCUT2D eigenvalue weighted by molar-refractivity contribution is -0.124. The van der Waals surface area contributed by atoms with E-state index < -0.39 is 5.54 Å². The normalized spacial score (nSPS) is 18.6. The number of benzene rings is 2. The molecule has 6 heteroatoms. The summed E-state index contributed by atoms with van der Waals surface area (Å²) in [6.45, 7) is 1.66. The second kappa shape index (κ2) is 6.41. The molecule has 0 saturated carbocycles. The predicted octanol–water partition coefficient (Wildman–Crippen LogP) is 2.74. The van der Waals surface area contributed by atoms with Crippen molar-refractivity contribution >= 4 is 28.4 Å². The summed E-state index contributed by atoms with van der Waals surface area (Å²) >= 11 is 0. The lowest BCUT2D eigenvalue weighted by Crippen LogP contribution is -2.57. The van der Waals surface area contributed by atoms with Gasteiger partial charge in [0.15, 0.2) is 0 Å². The standard InChI is InChI=1S/C22H22N4O2/c27-20(17-6-7-19-16(14-17)8-11-23-19)25-12-9-22(10-13-25)21(28)24-15-26(22)18-4-2-1-3-5-18/h1-8,11,14,23H,9-10,12-13,15H2,(H,24,28). The van der Waals surface area contributed by atoms with Crippen molar-refractivity contribution in [2.45, 2.75) is 18.4 Å². The molecule has 0 atom stereocenters. The monoisotopic (exact) mass is 374 g/mol. The highest BCUT2D eigenvalue weighted by molar-refractivity contribution is 5.99. The fraction of sp³-hybridized carbons (Fsp3) is 0.273. The van der Waals surface area contributed by atoms with Crippen molar-refractivity contribution in [2.24, 2.45) is 0 Å². The molecule has 28 heavy (non-hydrogen) atoms. The molecular weight excluding hydrogens is 352 g/mol. The quantitative estimate of drug-likeness (QED) is 0.725. The van der Waals surface area contributed by atoms with Crippen LogP contribution < -0.4 is 10.2 Å². The first-order chi connectivity index (χ1) is 13.7. The van der Waals surface area contributed by atoms with Gasteiger partial charge in [0.2, 0.25) is 5.91 Å². The number of carbonyl (C=O) groups excluding carboxylic acids is 2. The van der Waals surface area contributed by atoms with Gasteiger partial charge in [-0.25, -0.2) is 0 Å². The van der Waals surface area contributed by atoms with Crippen molar-refractivity contribution < 1.29 is 9.59 Å². The van der Waals surface area contributed by atoms with E-state index in [0.717, 1.165) is 16.6 Å². The fourth-order valence-electron chi connectivity index (χ4n) is 4.48. The number of hydrogen-bond acceptors (Lipinski definition) is 3. The van der Waals surface area contributed by atoms with Crippen molar-refractivity contribution in [1.82, 2.24) is 15.2 Å². The van der Waals surface area contributed by atoms with E-state index in [1.54, 1.807) is 0 Å². The number of fused-ring (bicyclic) bond motifs is 1. The SMILES string of the molecule is O=C(c1ccc2[nH]ccc2c1)N1CCC2(CC1)C(=O)NCN2c1ccccc1. The highest BCUT2D eigenvalue weighted by Gasteiger charge is 2.50. The van der Waals surface area contributed by atoms with Crippen LogP contribution in [0.4, 0.5) is 5.69 Å². The van der Waals surface area contributed by atoms with Gasteiger partial charge < -0.3 is 20.1 Å². The summed E-state index contributed by atoms with van der Waals surface area (Å²) in [7, 11) is 0. The zero-order valence-electron chi connectivity index (χ0n) is 15.5. The molecule has 0 radical (unpaired) electrons. The summed E-state index contributed by atoms with van der Waals surface area (Å²) in [5, 5.41) is 4.03. The Balaban J connectivity index is 1.36. The van der Waals surface area contributed by atoms with E-state index in [-0.39, 0.29) is 11.8 Å². The number of carbonyl (C=O) groups is 2. The Morgan fingerprint density at radius 2 is 1.79 bits per heavy atom. The Morgan fingerprint density at radius 1 is 1.00 bits per heavy atom. The topological polar surface area (TPSA) is 68.4 Å². The molecule has 5 rings (SSSR count). The maximum atomic E-state index is 13.0. The number of amides is 2. The molecule has 1 aromatic heterocycles. The van der Waals surface area contributed by atoms with Gasteiger partial charge in [-0.3, -0.25) is 9.59 Å². The smallest absolute Gasteiger partial charge is 0.253 e. The molecule has 0 unspecified atom stereocenters. The number of rotatable bonds is 2. The largest absolute Gasteiger partial charge is 0.361 e. The maximum absolute atomic E-state index is 13.0. The first-order valence-corrected chi connectivity index (χ1v) is 9.65. The number of likely N-dealkylation sites (tertiary alicyclic amines) is 1. The molecule has 2 aromatic carbocycles. The second-order valence-corrected chi connectivity index (χ2v) is 7.53. The van der Waals surface area contributed by atoms with Crippen molar-refractivity contribution in [2.75, 3.05) is 24.7 Å². The summed E-state index contributed by atoms with van der Waals surface area (Å²) in [5.41, 5.74) is 2.19. The van der Waals surface area contributed by atoms with E-state index in [1.807, 2.05) is 65.7 Å². The van der Waals surface area contributed by atoms with Crippen LogP contribution in [-0.2, 0) is 4.79 Å². The van der Waals surface area contributed by atoms with Crippen LogP contribution in [0.15, 0.2) is 60.8 Å². The van der Waals surface area contributed by atoms with Crippen LogP contribution in [0.1, 0.15) is 23.2 Å². The molecule has 142 valence electrons. The summed E-state index contributed by atoms with van der Waals surface area (Å²) in [5.74, 6) is 0.0970. The average Bonchev–Trinajstić information content (AvgIpc) is 3.33. The maximum Gasteiger partial charge on any atom is 0.253 e. The van der Waals surface area contributed by atoms with Gasteiger partial charge >= 0.3 is 0 Å². The molecule has 2 amide bonds. The molecule has 2 fully saturated rings. The van der Waals surface area contributed by atoms with Crippen LogP contribution in [0.5, 0.6) is 0 Å². The third kappa shape index (κ3) is 2.56. The van der Waals surface area contributed by atoms with Crippen molar-refractivity contribution in [3.05, 3.63) is 66.4 Å². The minimum atomic E-state index is -0.567. The number of para-hydroxylation sites is 1. The van der Waals surface area contributed by atoms with Crippen LogP contribution in [-0.4, -0.2) is 47.0 Å². The molecule has 2 aliphatic rings. The highest BCUT2D eigenvalue weighted by Crippen LogP contribution is 2.36. The lowest BCUT2D eigenvalue weighted by Gasteiger charge is -2.43. The van der Waals surface area contributed by atoms with Gasteiger partial charge in [-0.1, -0.05) is 18.2 Å². The molecule has 3 heterocycles. The zero-order valence-corrected chi connectivity index (χ0v) is 15.5. The van der Waals surface area contributed by atoms with E-state index in [1.165, 1.54) is 0 Å². The Kier molecular flexibility index (Phi) is 3.86. The predicted molar refractivity (Wildman–Crippen MR) is 108 cm³/mol. The highest BCUT2D eigenvalue weighted by atomic mass is 16.2. The van der Waals surface area contributed by atoms with Crippen LogP contribution in [0.3, 0.4) is 0 Å². The molecule has 2 aliphatic heterocycles. The summed E-state index contributed by atoms with van der Waals surface area (Å²) in [6.07, 6.45) is 3.14. The average molecular weight is 374 g/mol. The van der Waals surface area contributed by atoms with Crippen molar-refractivity contribution in [3.8, 4) is 0 Å². The number of anilines is 1. The molecule has 1 spiro atoms. The van der Waals surface area contributed by atoms with Gasteiger partial charge in [-0.2, -0.15) is 0 Å². The Morgan fingerprint density at radius 3 is 2.57 bits per heavy atom. The van der Waals surface area contributed by atoms with Crippen molar-refractivity contribution in [1.29, 1.82) is 0 Å². The number of aromatic nitrogens is 1. The number of H-pyrrole nitrogens is 1. The molecule has 3 aromatic rings. The third-order valence-electron chi connectivity index (χ3n) is 6.08. The number of aromatic amines is 1. The summed E-state index contributed by atoms with van der Waals surface area (Å²) in [6, 6.07) is 17.7. The Bertz CT molecular complexity index is 1030. The van der Waals surface area contributed by atoms with Gasteiger partial charge in [0.1, 0.15) is 5.54 Å². The van der Waals surface area contributed by atoms with Gasteiger partial charge in [-0.15, -0.1) is 0 Å². The van der Waals surface area contributed by atoms with E-state index in [0.29, 0.717) is 38.2 Å². The zero-order chi connectivity index (χ0) is 19.1. The van der Waals surface area contributed by atoms with Gasteiger partial charge in [-0.05, 0) is 49.2 Å². The molecule has 6 nitrogen and oxygen atoms in total. The van der Waals surface area contributed by atoms with E-state index >= 15 is 0 Å². The fourth-order valence-corrected chi connectivity index (χ4v) is 4.48. The van der Waals surface area contributed by atoms with E-state index in [9.17, 15) is 9.59 Å². The number of nitrogens with one attached hydrogen (secondary N) is 2. The van der Waals surface area contributed by atoms with E-state index in [2.05, 4.69) is 15.2 Å².